The van der Waals surface area contributed by atoms with Gasteiger partial charge in [0.1, 0.15) is 23.1 Å². The van der Waals surface area contributed by atoms with E-state index in [9.17, 15) is 14.0 Å². The van der Waals surface area contributed by atoms with E-state index in [1.165, 1.54) is 17.7 Å². The lowest BCUT2D eigenvalue weighted by Crippen LogP contribution is -2.50. The lowest BCUT2D eigenvalue weighted by molar-refractivity contribution is -0.119. The highest BCUT2D eigenvalue weighted by Gasteiger charge is 2.31. The van der Waals surface area contributed by atoms with Crippen molar-refractivity contribution in [2.75, 3.05) is 20.2 Å². The number of likely N-dealkylation sites (tertiary alicyclic amines) is 1. The maximum Gasteiger partial charge on any atom is 0.257 e. The minimum Gasteiger partial charge on any atom is -0.494 e. The number of fused-ring (bicyclic) bond motifs is 3. The van der Waals surface area contributed by atoms with Crippen LogP contribution in [0, 0.1) is 11.8 Å². The van der Waals surface area contributed by atoms with E-state index in [2.05, 4.69) is 21.7 Å². The van der Waals surface area contributed by atoms with Crippen LogP contribution in [0.3, 0.4) is 0 Å². The predicted molar refractivity (Wildman–Crippen MR) is 174 cm³/mol. The van der Waals surface area contributed by atoms with E-state index in [1.54, 1.807) is 25.5 Å². The van der Waals surface area contributed by atoms with Gasteiger partial charge in [-0.1, -0.05) is 12.2 Å². The van der Waals surface area contributed by atoms with E-state index in [0.717, 1.165) is 51.5 Å². The number of ether oxygens (including phenoxy) is 1. The van der Waals surface area contributed by atoms with E-state index >= 15 is 0 Å². The van der Waals surface area contributed by atoms with Crippen LogP contribution in [0.1, 0.15) is 35.3 Å². The molecule has 1 aromatic carbocycles. The quantitative estimate of drug-likeness (QED) is 0.336. The third kappa shape index (κ3) is 4.86. The van der Waals surface area contributed by atoms with Gasteiger partial charge in [-0.05, 0) is 73.2 Å². The molecule has 0 bridgehead atoms. The van der Waals surface area contributed by atoms with Crippen molar-refractivity contribution in [3.63, 3.8) is 0 Å². The Morgan fingerprint density at radius 1 is 1.15 bits per heavy atom. The Balaban J connectivity index is 1.21. The smallest absolute Gasteiger partial charge is 0.257 e. The van der Waals surface area contributed by atoms with Crippen molar-refractivity contribution in [1.82, 2.24) is 24.0 Å². The molecular formula is C35H34FN7O3. The molecule has 234 valence electrons. The van der Waals surface area contributed by atoms with E-state index in [1.807, 2.05) is 42.0 Å². The van der Waals surface area contributed by atoms with E-state index < -0.39 is 12.2 Å². The summed E-state index contributed by atoms with van der Waals surface area (Å²) in [5, 5.41) is 0.994. The Kier molecular flexibility index (Phi) is 6.75. The highest BCUT2D eigenvalue weighted by molar-refractivity contribution is 6.01. The SMILES string of the molecule is COc1cc(C(=O)N2C[C@H](N)C[C@@H](F)C2)cc2nc(-c3cc4ccc(C5=CC6=CC=NC(=O)C6C=C5)nc4n3CC3CC3)n(C)c12. The number of alkyl halides is 1. The van der Waals surface area contributed by atoms with E-state index in [4.69, 9.17) is 20.4 Å². The molecule has 4 aliphatic rings. The minimum atomic E-state index is -1.15. The monoisotopic (exact) mass is 619 g/mol. The zero-order valence-electron chi connectivity index (χ0n) is 25.7. The second kappa shape index (κ2) is 10.9. The molecule has 2 aliphatic heterocycles. The maximum atomic E-state index is 14.3. The van der Waals surface area contributed by atoms with Crippen LogP contribution in [0.4, 0.5) is 4.39 Å². The Hall–Kier alpha value is -4.90. The van der Waals surface area contributed by atoms with Crippen molar-refractivity contribution in [2.24, 2.45) is 29.6 Å². The summed E-state index contributed by atoms with van der Waals surface area (Å²) in [6, 6.07) is 9.26. The van der Waals surface area contributed by atoms with Crippen LogP contribution in [0.25, 0.3) is 39.2 Å². The van der Waals surface area contributed by atoms with Crippen LogP contribution in [0.2, 0.25) is 0 Å². The van der Waals surface area contributed by atoms with Gasteiger partial charge in [0.25, 0.3) is 11.8 Å². The van der Waals surface area contributed by atoms with Gasteiger partial charge in [-0.3, -0.25) is 9.59 Å². The van der Waals surface area contributed by atoms with Crippen molar-refractivity contribution < 1.29 is 18.7 Å². The summed E-state index contributed by atoms with van der Waals surface area (Å²) in [5.41, 5.74) is 12.2. The molecule has 1 saturated carbocycles. The molecule has 10 nitrogen and oxygen atoms in total. The number of aliphatic imine (C=N–C) groups is 1. The number of nitrogens with zero attached hydrogens (tertiary/aromatic N) is 6. The van der Waals surface area contributed by atoms with Gasteiger partial charge in [-0.25, -0.2) is 19.4 Å². The van der Waals surface area contributed by atoms with Gasteiger partial charge in [-0.15, -0.1) is 0 Å². The normalized spacial score (nSPS) is 22.7. The number of pyridine rings is 1. The summed E-state index contributed by atoms with van der Waals surface area (Å²) < 4.78 is 24.3. The molecule has 0 spiro atoms. The van der Waals surface area contributed by atoms with Crippen LogP contribution in [0.5, 0.6) is 5.75 Å². The largest absolute Gasteiger partial charge is 0.494 e. The molecule has 2 aliphatic carbocycles. The number of hydrogen-bond acceptors (Lipinski definition) is 6. The number of halogens is 1. The topological polar surface area (TPSA) is 121 Å². The molecule has 0 radical (unpaired) electrons. The Morgan fingerprint density at radius 2 is 2.00 bits per heavy atom. The fourth-order valence-electron chi connectivity index (χ4n) is 6.90. The first-order valence-corrected chi connectivity index (χ1v) is 15.7. The number of aryl methyl sites for hydroxylation is 1. The number of dihydropyridines is 1. The van der Waals surface area contributed by atoms with Crippen LogP contribution < -0.4 is 10.5 Å². The van der Waals surface area contributed by atoms with Gasteiger partial charge >= 0.3 is 0 Å². The summed E-state index contributed by atoms with van der Waals surface area (Å²) in [5.74, 6) is 1.02. The Morgan fingerprint density at radius 3 is 2.78 bits per heavy atom. The number of carbonyl (C=O) groups excluding carboxylic acids is 2. The first kappa shape index (κ1) is 28.6. The van der Waals surface area contributed by atoms with Crippen molar-refractivity contribution >= 4 is 45.7 Å². The molecule has 5 heterocycles. The van der Waals surface area contributed by atoms with Crippen molar-refractivity contribution in [3.8, 4) is 17.3 Å². The molecule has 2 fully saturated rings. The number of hydrogen-bond donors (Lipinski definition) is 1. The first-order valence-electron chi connectivity index (χ1n) is 15.7. The Labute approximate surface area is 264 Å². The second-order valence-electron chi connectivity index (χ2n) is 12.8. The molecule has 11 heteroatoms. The fraction of sp³-hybridized carbons (Fsp3) is 0.343. The number of allylic oxidation sites excluding steroid dienone is 4. The number of imidazole rings is 1. The summed E-state index contributed by atoms with van der Waals surface area (Å²) in [6.07, 6.45) is 10.7. The molecule has 3 atom stereocenters. The zero-order valence-corrected chi connectivity index (χ0v) is 25.7. The third-order valence-corrected chi connectivity index (χ3v) is 9.41. The molecule has 2 N–H and O–H groups in total. The average molecular weight is 620 g/mol. The van der Waals surface area contributed by atoms with Crippen LogP contribution in [-0.2, 0) is 18.4 Å². The lowest BCUT2D eigenvalue weighted by atomic mass is 9.88. The van der Waals surface area contributed by atoms with Gasteiger partial charge in [0.05, 0.1) is 36.5 Å². The van der Waals surface area contributed by atoms with Crippen LogP contribution in [0.15, 0.2) is 65.2 Å². The molecule has 2 amide bonds. The van der Waals surface area contributed by atoms with Crippen LogP contribution >= 0.6 is 0 Å². The van der Waals surface area contributed by atoms with Gasteiger partial charge in [0.15, 0.2) is 5.82 Å². The molecule has 4 aromatic rings. The van der Waals surface area contributed by atoms with E-state index in [-0.39, 0.29) is 30.7 Å². The first-order chi connectivity index (χ1) is 22.3. The highest BCUT2D eigenvalue weighted by atomic mass is 19.1. The highest BCUT2D eigenvalue weighted by Crippen LogP contribution is 2.38. The number of nitrogens with two attached hydrogens (primary N) is 1. The Bertz CT molecular complexity index is 2050. The molecule has 46 heavy (non-hydrogen) atoms. The predicted octanol–water partition coefficient (Wildman–Crippen LogP) is 4.63. The second-order valence-corrected chi connectivity index (χ2v) is 12.8. The standard InChI is InChI=1S/C35H34FN7O3/c1-41-31-28(12-23(14-30(31)46-2)35(45)42-17-24(36)15-25(37)18-42)40-33(41)29-13-22-6-8-27(39-32(22)43(29)16-19-3-4-19)21-5-7-26-20(11-21)9-10-38-34(26)44/h5-14,19,24-26H,3-4,15-18,37H2,1-2H3/t24-,25-,26?/m1/s1. The van der Waals surface area contributed by atoms with Gasteiger partial charge in [-0.2, -0.15) is 0 Å². The number of piperidine rings is 1. The van der Waals surface area contributed by atoms with Crippen molar-refractivity contribution in [3.05, 3.63) is 71.5 Å². The third-order valence-electron chi connectivity index (χ3n) is 9.41. The fourth-order valence-corrected chi connectivity index (χ4v) is 6.90. The van der Waals surface area contributed by atoms with E-state index in [0.29, 0.717) is 29.3 Å². The van der Waals surface area contributed by atoms with Crippen LogP contribution in [-0.4, -0.2) is 74.4 Å². The summed E-state index contributed by atoms with van der Waals surface area (Å²) >= 11 is 0. The number of amides is 2. The minimum absolute atomic E-state index is 0.0217. The molecule has 3 aromatic heterocycles. The van der Waals surface area contributed by atoms with Crippen molar-refractivity contribution in [2.45, 2.75) is 38.0 Å². The molecule has 1 unspecified atom stereocenters. The lowest BCUT2D eigenvalue weighted by Gasteiger charge is -2.33. The number of rotatable bonds is 6. The number of benzene rings is 1. The molecule has 8 rings (SSSR count). The number of aromatic nitrogens is 4. The van der Waals surface area contributed by atoms with Gasteiger partial charge in [0.2, 0.25) is 0 Å². The zero-order chi connectivity index (χ0) is 31.7. The summed E-state index contributed by atoms with van der Waals surface area (Å²) in [7, 11) is 3.52. The molecule has 1 saturated heterocycles. The number of methoxy groups -OCH3 is 1. The summed E-state index contributed by atoms with van der Waals surface area (Å²) in [4.78, 5) is 41.3. The summed E-state index contributed by atoms with van der Waals surface area (Å²) in [6.45, 7) is 1.14. The van der Waals surface area contributed by atoms with Gasteiger partial charge in [0, 0.05) is 48.9 Å². The maximum absolute atomic E-state index is 14.3. The van der Waals surface area contributed by atoms with Crippen molar-refractivity contribution in [1.29, 1.82) is 0 Å². The average Bonchev–Trinajstić information content (AvgIpc) is 3.72. The molecular weight excluding hydrogens is 585 g/mol. The number of carbonyl (C=O) groups is 2. The van der Waals surface area contributed by atoms with Gasteiger partial charge < -0.3 is 24.5 Å².